The number of hydrogen-bond donors (Lipinski definition) is 1. The minimum atomic E-state index is -0.654. The fourth-order valence-electron chi connectivity index (χ4n) is 1.20. The molecule has 1 rings (SSSR count). The van der Waals surface area contributed by atoms with Gasteiger partial charge < -0.3 is 5.32 Å². The Kier molecular flexibility index (Phi) is 4.61. The van der Waals surface area contributed by atoms with Gasteiger partial charge in [-0.3, -0.25) is 14.9 Å². The standard InChI is InChI=1S/C11H14ClN3O3/c1-6(2)7(3)14-11(16)8-4-10(12)13-5-9(8)15(17)18/h4-7H,1-3H3,(H,14,16). The van der Waals surface area contributed by atoms with E-state index in [1.165, 1.54) is 6.07 Å². The zero-order valence-corrected chi connectivity index (χ0v) is 11.1. The molecule has 18 heavy (non-hydrogen) atoms. The van der Waals surface area contributed by atoms with E-state index in [1.54, 1.807) is 0 Å². The highest BCUT2D eigenvalue weighted by molar-refractivity contribution is 6.29. The topological polar surface area (TPSA) is 85.1 Å². The lowest BCUT2D eigenvalue weighted by Gasteiger charge is -2.17. The van der Waals surface area contributed by atoms with E-state index < -0.39 is 10.8 Å². The van der Waals surface area contributed by atoms with Gasteiger partial charge in [-0.25, -0.2) is 4.98 Å². The number of nitro groups is 1. The number of aromatic nitrogens is 1. The molecule has 1 aromatic heterocycles. The number of nitrogens with zero attached hydrogens (tertiary/aromatic N) is 2. The molecule has 0 aliphatic carbocycles. The van der Waals surface area contributed by atoms with Crippen LogP contribution in [0.2, 0.25) is 5.15 Å². The Morgan fingerprint density at radius 1 is 1.50 bits per heavy atom. The first kappa shape index (κ1) is 14.4. The van der Waals surface area contributed by atoms with E-state index >= 15 is 0 Å². The Hall–Kier alpha value is -1.69. The molecule has 0 saturated carbocycles. The van der Waals surface area contributed by atoms with E-state index in [4.69, 9.17) is 11.6 Å². The molecule has 1 N–H and O–H groups in total. The molecule has 1 unspecified atom stereocenters. The van der Waals surface area contributed by atoms with E-state index in [2.05, 4.69) is 10.3 Å². The van der Waals surface area contributed by atoms with Crippen LogP contribution in [0.15, 0.2) is 12.3 Å². The average Bonchev–Trinajstić information content (AvgIpc) is 2.28. The minimum Gasteiger partial charge on any atom is -0.349 e. The molecule has 0 radical (unpaired) electrons. The predicted octanol–water partition coefficient (Wildman–Crippen LogP) is 2.42. The third-order valence-electron chi connectivity index (χ3n) is 2.65. The van der Waals surface area contributed by atoms with Gasteiger partial charge in [-0.2, -0.15) is 0 Å². The number of pyridine rings is 1. The first-order valence-electron chi connectivity index (χ1n) is 5.43. The van der Waals surface area contributed by atoms with Crippen molar-refractivity contribution in [3.8, 4) is 0 Å². The van der Waals surface area contributed by atoms with Gasteiger partial charge in [-0.05, 0) is 18.9 Å². The van der Waals surface area contributed by atoms with Gasteiger partial charge in [-0.15, -0.1) is 0 Å². The third-order valence-corrected chi connectivity index (χ3v) is 2.86. The molecule has 0 bridgehead atoms. The molecule has 0 spiro atoms. The summed E-state index contributed by atoms with van der Waals surface area (Å²) in [6.45, 7) is 5.72. The molecular formula is C11H14ClN3O3. The molecule has 0 aliphatic heterocycles. The zero-order valence-electron chi connectivity index (χ0n) is 10.3. The highest BCUT2D eigenvalue weighted by Crippen LogP contribution is 2.20. The van der Waals surface area contributed by atoms with Crippen LogP contribution in [-0.2, 0) is 0 Å². The lowest BCUT2D eigenvalue weighted by Crippen LogP contribution is -2.36. The van der Waals surface area contributed by atoms with Crippen molar-refractivity contribution in [3.63, 3.8) is 0 Å². The number of carbonyl (C=O) groups excluding carboxylic acids is 1. The van der Waals surface area contributed by atoms with Crippen molar-refractivity contribution >= 4 is 23.2 Å². The van der Waals surface area contributed by atoms with Gasteiger partial charge in [0.05, 0.1) is 4.92 Å². The van der Waals surface area contributed by atoms with Crippen molar-refractivity contribution in [2.45, 2.75) is 26.8 Å². The second kappa shape index (κ2) is 5.77. The van der Waals surface area contributed by atoms with Crippen LogP contribution in [0.4, 0.5) is 5.69 Å². The zero-order chi connectivity index (χ0) is 13.9. The maximum atomic E-state index is 11.9. The Balaban J connectivity index is 3.04. The quantitative estimate of drug-likeness (QED) is 0.518. The van der Waals surface area contributed by atoms with Gasteiger partial charge in [0.2, 0.25) is 0 Å². The van der Waals surface area contributed by atoms with Gasteiger partial charge in [0, 0.05) is 6.04 Å². The molecule has 98 valence electrons. The van der Waals surface area contributed by atoms with Gasteiger partial charge in [0.25, 0.3) is 11.6 Å². The number of halogens is 1. The summed E-state index contributed by atoms with van der Waals surface area (Å²) in [6.07, 6.45) is 0.983. The van der Waals surface area contributed by atoms with Crippen LogP contribution in [0.1, 0.15) is 31.1 Å². The number of nitrogens with one attached hydrogen (secondary N) is 1. The van der Waals surface area contributed by atoms with Crippen molar-refractivity contribution in [2.75, 3.05) is 0 Å². The average molecular weight is 272 g/mol. The predicted molar refractivity (Wildman–Crippen MR) is 67.7 cm³/mol. The second-order valence-electron chi connectivity index (χ2n) is 4.29. The van der Waals surface area contributed by atoms with E-state index in [0.717, 1.165) is 6.20 Å². The van der Waals surface area contributed by atoms with Crippen LogP contribution in [-0.4, -0.2) is 21.9 Å². The van der Waals surface area contributed by atoms with Crippen molar-refractivity contribution in [1.29, 1.82) is 0 Å². The van der Waals surface area contributed by atoms with E-state index in [1.807, 2.05) is 20.8 Å². The Morgan fingerprint density at radius 3 is 2.61 bits per heavy atom. The lowest BCUT2D eigenvalue weighted by atomic mass is 10.1. The number of amides is 1. The molecule has 1 amide bonds. The van der Waals surface area contributed by atoms with Crippen LogP contribution in [0.25, 0.3) is 0 Å². The second-order valence-corrected chi connectivity index (χ2v) is 4.67. The van der Waals surface area contributed by atoms with Gasteiger partial charge in [0.1, 0.15) is 16.9 Å². The molecule has 1 heterocycles. The van der Waals surface area contributed by atoms with Crippen LogP contribution in [0, 0.1) is 16.0 Å². The minimum absolute atomic E-state index is 0.0444. The van der Waals surface area contributed by atoms with Gasteiger partial charge >= 0.3 is 0 Å². The number of hydrogen-bond acceptors (Lipinski definition) is 4. The highest BCUT2D eigenvalue weighted by atomic mass is 35.5. The highest BCUT2D eigenvalue weighted by Gasteiger charge is 2.23. The molecule has 0 saturated heterocycles. The van der Waals surface area contributed by atoms with E-state index in [9.17, 15) is 14.9 Å². The normalized spacial score (nSPS) is 12.3. The van der Waals surface area contributed by atoms with Crippen LogP contribution in [0.3, 0.4) is 0 Å². The molecule has 7 heteroatoms. The molecule has 1 aromatic rings. The van der Waals surface area contributed by atoms with Crippen molar-refractivity contribution < 1.29 is 9.72 Å². The summed E-state index contributed by atoms with van der Waals surface area (Å²) in [5.41, 5.74) is -0.430. The van der Waals surface area contributed by atoms with Gasteiger partial charge in [-0.1, -0.05) is 25.4 Å². The van der Waals surface area contributed by atoms with Crippen molar-refractivity contribution in [2.24, 2.45) is 5.92 Å². The Bertz CT molecular complexity index is 477. The number of carbonyl (C=O) groups is 1. The van der Waals surface area contributed by atoms with Crippen LogP contribution < -0.4 is 5.32 Å². The maximum absolute atomic E-state index is 11.9. The summed E-state index contributed by atoms with van der Waals surface area (Å²) in [5.74, 6) is -0.294. The summed E-state index contributed by atoms with van der Waals surface area (Å²) in [7, 11) is 0. The first-order chi connectivity index (χ1) is 8.32. The van der Waals surface area contributed by atoms with Crippen molar-refractivity contribution in [1.82, 2.24) is 10.3 Å². The summed E-state index contributed by atoms with van der Waals surface area (Å²) >= 11 is 5.65. The monoisotopic (exact) mass is 271 g/mol. The largest absolute Gasteiger partial charge is 0.349 e. The first-order valence-corrected chi connectivity index (χ1v) is 5.81. The fraction of sp³-hybridized carbons (Fsp3) is 0.455. The summed E-state index contributed by atoms with van der Waals surface area (Å²) in [5, 5.41) is 13.5. The summed E-state index contributed by atoms with van der Waals surface area (Å²) < 4.78 is 0. The molecule has 0 aromatic carbocycles. The van der Waals surface area contributed by atoms with E-state index in [0.29, 0.717) is 0 Å². The smallest absolute Gasteiger partial charge is 0.300 e. The molecule has 0 fully saturated rings. The summed E-state index contributed by atoms with van der Waals surface area (Å²) in [6, 6.07) is 1.10. The fourth-order valence-corrected chi connectivity index (χ4v) is 1.36. The Labute approximate surface area is 110 Å². The summed E-state index contributed by atoms with van der Waals surface area (Å²) in [4.78, 5) is 25.7. The lowest BCUT2D eigenvalue weighted by molar-refractivity contribution is -0.385. The molecule has 0 aliphatic rings. The molecular weight excluding hydrogens is 258 g/mol. The molecule has 1 atom stereocenters. The van der Waals surface area contributed by atoms with Crippen LogP contribution >= 0.6 is 11.6 Å². The number of rotatable bonds is 4. The SMILES string of the molecule is CC(C)C(C)NC(=O)c1cc(Cl)ncc1[N+](=O)[O-]. The van der Waals surface area contributed by atoms with Crippen LogP contribution in [0.5, 0.6) is 0 Å². The Morgan fingerprint density at radius 2 is 2.11 bits per heavy atom. The maximum Gasteiger partial charge on any atom is 0.300 e. The molecule has 6 nitrogen and oxygen atoms in total. The third kappa shape index (κ3) is 3.40. The van der Waals surface area contributed by atoms with Crippen molar-refractivity contribution in [3.05, 3.63) is 33.1 Å². The van der Waals surface area contributed by atoms with E-state index in [-0.39, 0.29) is 28.4 Å². The van der Waals surface area contributed by atoms with Gasteiger partial charge in [0.15, 0.2) is 0 Å².